The molecule has 24 heavy (non-hydrogen) atoms. The van der Waals surface area contributed by atoms with Gasteiger partial charge in [0.15, 0.2) is 0 Å². The average molecular weight is 323 g/mol. The van der Waals surface area contributed by atoms with Gasteiger partial charge in [0.2, 0.25) is 6.10 Å². The maximum atomic E-state index is 12.2. The average Bonchev–Trinajstić information content (AvgIpc) is 3.05. The summed E-state index contributed by atoms with van der Waals surface area (Å²) in [6, 6.07) is 10.2. The van der Waals surface area contributed by atoms with Crippen molar-refractivity contribution in [3.8, 4) is 0 Å². The Morgan fingerprint density at radius 3 is 2.62 bits per heavy atom. The van der Waals surface area contributed by atoms with Gasteiger partial charge in [-0.1, -0.05) is 34.5 Å². The quantitative estimate of drug-likeness (QED) is 0.920. The number of benzene rings is 1. The molecule has 1 amide bonds. The minimum absolute atomic E-state index is 0.118. The summed E-state index contributed by atoms with van der Waals surface area (Å²) in [6.07, 6.45) is 4.15. The molecule has 1 atom stereocenters. The van der Waals surface area contributed by atoms with Crippen LogP contribution < -0.4 is 5.32 Å². The van der Waals surface area contributed by atoms with Crippen LogP contribution in [0.15, 0.2) is 47.9 Å². The summed E-state index contributed by atoms with van der Waals surface area (Å²) in [4.78, 5) is 21.5. The molecule has 0 aliphatic carbocycles. The van der Waals surface area contributed by atoms with E-state index in [0.717, 1.165) is 17.7 Å². The van der Waals surface area contributed by atoms with Crippen molar-refractivity contribution in [2.24, 2.45) is 5.16 Å². The van der Waals surface area contributed by atoms with E-state index in [2.05, 4.69) is 47.5 Å². The van der Waals surface area contributed by atoms with Crippen LogP contribution in [0.2, 0.25) is 0 Å². The van der Waals surface area contributed by atoms with Crippen LogP contribution in [0.5, 0.6) is 0 Å². The number of amides is 1. The largest absolute Gasteiger partial charge is 0.382 e. The fourth-order valence-electron chi connectivity index (χ4n) is 2.89. The van der Waals surface area contributed by atoms with E-state index in [1.54, 1.807) is 12.4 Å². The number of nitrogens with zero attached hydrogens (tertiary/aromatic N) is 2. The van der Waals surface area contributed by atoms with Gasteiger partial charge in [-0.15, -0.1) is 0 Å². The molecule has 0 radical (unpaired) electrons. The maximum Gasteiger partial charge on any atom is 0.264 e. The van der Waals surface area contributed by atoms with Crippen molar-refractivity contribution in [1.82, 2.24) is 10.3 Å². The number of carbonyl (C=O) groups is 1. The highest BCUT2D eigenvalue weighted by molar-refractivity contribution is 6.03. The van der Waals surface area contributed by atoms with E-state index in [0.29, 0.717) is 13.0 Å². The van der Waals surface area contributed by atoms with Crippen molar-refractivity contribution < 1.29 is 9.63 Å². The van der Waals surface area contributed by atoms with Gasteiger partial charge in [0.25, 0.3) is 5.91 Å². The third-order valence-corrected chi connectivity index (χ3v) is 3.97. The molecule has 1 aliphatic rings. The number of oxime groups is 1. The molecule has 1 aliphatic heterocycles. The molecule has 0 saturated heterocycles. The lowest BCUT2D eigenvalue weighted by Gasteiger charge is -2.10. The van der Waals surface area contributed by atoms with E-state index in [1.165, 1.54) is 16.7 Å². The lowest BCUT2D eigenvalue weighted by Crippen LogP contribution is -2.36. The number of aryl methyl sites for hydroxylation is 2. The fraction of sp³-hybridized carbons (Fsp3) is 0.316. The zero-order chi connectivity index (χ0) is 16.9. The monoisotopic (exact) mass is 323 g/mol. The Hall–Kier alpha value is -2.69. The number of pyridine rings is 1. The Balaban J connectivity index is 1.48. The third-order valence-electron chi connectivity index (χ3n) is 3.97. The summed E-state index contributed by atoms with van der Waals surface area (Å²) in [5, 5.41) is 6.96. The standard InChI is InChI=1S/C19H21N3O2/c1-13-9-14(2)11-15(10-13)3-8-21-19(23)18-12-17(22-24-18)16-4-6-20-7-5-16/h4-7,9-11,18H,3,8,12H2,1-2H3,(H,21,23)/t18-/m0/s1. The second kappa shape index (κ2) is 7.25. The van der Waals surface area contributed by atoms with E-state index >= 15 is 0 Å². The molecule has 0 spiro atoms. The normalized spacial score (nSPS) is 16.4. The zero-order valence-electron chi connectivity index (χ0n) is 14.0. The Kier molecular flexibility index (Phi) is 4.89. The van der Waals surface area contributed by atoms with E-state index in [-0.39, 0.29) is 5.91 Å². The van der Waals surface area contributed by atoms with Crippen molar-refractivity contribution in [3.05, 3.63) is 65.0 Å². The molecular formula is C19H21N3O2. The van der Waals surface area contributed by atoms with Gasteiger partial charge < -0.3 is 10.2 Å². The van der Waals surface area contributed by atoms with Crippen LogP contribution >= 0.6 is 0 Å². The highest BCUT2D eigenvalue weighted by atomic mass is 16.6. The Labute approximate surface area is 141 Å². The second-order valence-electron chi connectivity index (χ2n) is 6.11. The Bertz CT molecular complexity index is 736. The van der Waals surface area contributed by atoms with Crippen LogP contribution in [0.25, 0.3) is 0 Å². The first-order chi connectivity index (χ1) is 11.6. The number of hydrogen-bond donors (Lipinski definition) is 1. The molecule has 0 unspecified atom stereocenters. The highest BCUT2D eigenvalue weighted by Crippen LogP contribution is 2.16. The summed E-state index contributed by atoms with van der Waals surface area (Å²) < 4.78 is 0. The van der Waals surface area contributed by atoms with Crippen LogP contribution in [0.3, 0.4) is 0 Å². The van der Waals surface area contributed by atoms with Crippen molar-refractivity contribution >= 4 is 11.6 Å². The van der Waals surface area contributed by atoms with Gasteiger partial charge in [0, 0.05) is 30.9 Å². The predicted octanol–water partition coefficient (Wildman–Crippen LogP) is 2.55. The number of nitrogens with one attached hydrogen (secondary N) is 1. The van der Waals surface area contributed by atoms with E-state index < -0.39 is 6.10 Å². The summed E-state index contributed by atoms with van der Waals surface area (Å²) in [5.41, 5.74) is 5.44. The molecular weight excluding hydrogens is 302 g/mol. The fourth-order valence-corrected chi connectivity index (χ4v) is 2.89. The minimum atomic E-state index is -0.549. The van der Waals surface area contributed by atoms with E-state index in [1.807, 2.05) is 12.1 Å². The lowest BCUT2D eigenvalue weighted by molar-refractivity contribution is -0.131. The lowest BCUT2D eigenvalue weighted by atomic mass is 10.0. The van der Waals surface area contributed by atoms with Crippen LogP contribution in [-0.4, -0.2) is 29.3 Å². The molecule has 5 nitrogen and oxygen atoms in total. The van der Waals surface area contributed by atoms with Crippen LogP contribution in [0.4, 0.5) is 0 Å². The van der Waals surface area contributed by atoms with Gasteiger partial charge in [-0.05, 0) is 38.0 Å². The maximum absolute atomic E-state index is 12.2. The topological polar surface area (TPSA) is 63.6 Å². The predicted molar refractivity (Wildman–Crippen MR) is 92.9 cm³/mol. The molecule has 2 aromatic rings. The van der Waals surface area contributed by atoms with Crippen molar-refractivity contribution in [3.63, 3.8) is 0 Å². The third kappa shape index (κ3) is 3.98. The van der Waals surface area contributed by atoms with Crippen LogP contribution in [0.1, 0.15) is 28.7 Å². The summed E-state index contributed by atoms with van der Waals surface area (Å²) in [7, 11) is 0. The van der Waals surface area contributed by atoms with Crippen LogP contribution in [-0.2, 0) is 16.1 Å². The number of hydrogen-bond acceptors (Lipinski definition) is 4. The van der Waals surface area contributed by atoms with E-state index in [4.69, 9.17) is 4.84 Å². The molecule has 1 aromatic heterocycles. The first-order valence-corrected chi connectivity index (χ1v) is 8.10. The molecule has 1 N–H and O–H groups in total. The van der Waals surface area contributed by atoms with Gasteiger partial charge in [0.1, 0.15) is 0 Å². The van der Waals surface area contributed by atoms with E-state index in [9.17, 15) is 4.79 Å². The molecule has 5 heteroatoms. The van der Waals surface area contributed by atoms with Crippen molar-refractivity contribution in [2.75, 3.05) is 6.54 Å². The molecule has 124 valence electrons. The summed E-state index contributed by atoms with van der Waals surface area (Å²) in [6.45, 7) is 4.75. The Morgan fingerprint density at radius 2 is 1.92 bits per heavy atom. The molecule has 0 bridgehead atoms. The van der Waals surface area contributed by atoms with Crippen LogP contribution in [0, 0.1) is 13.8 Å². The number of aromatic nitrogens is 1. The van der Waals surface area contributed by atoms with Gasteiger partial charge in [-0.3, -0.25) is 9.78 Å². The second-order valence-corrected chi connectivity index (χ2v) is 6.11. The Morgan fingerprint density at radius 1 is 1.21 bits per heavy atom. The molecule has 0 saturated carbocycles. The molecule has 0 fully saturated rings. The first kappa shape index (κ1) is 16.2. The number of carbonyl (C=O) groups excluding carboxylic acids is 1. The molecule has 3 rings (SSSR count). The summed E-state index contributed by atoms with van der Waals surface area (Å²) >= 11 is 0. The summed E-state index contributed by atoms with van der Waals surface area (Å²) in [5.74, 6) is -0.118. The number of rotatable bonds is 5. The van der Waals surface area contributed by atoms with Gasteiger partial charge in [-0.2, -0.15) is 0 Å². The first-order valence-electron chi connectivity index (χ1n) is 8.10. The van der Waals surface area contributed by atoms with Gasteiger partial charge in [0.05, 0.1) is 5.71 Å². The zero-order valence-corrected chi connectivity index (χ0v) is 14.0. The minimum Gasteiger partial charge on any atom is -0.382 e. The van der Waals surface area contributed by atoms with Crippen molar-refractivity contribution in [2.45, 2.75) is 32.8 Å². The molecule has 1 aromatic carbocycles. The molecule has 2 heterocycles. The SMILES string of the molecule is Cc1cc(C)cc(CCNC(=O)[C@@H]2CC(c3ccncc3)=NO2)c1. The smallest absolute Gasteiger partial charge is 0.264 e. The van der Waals surface area contributed by atoms with Crippen molar-refractivity contribution in [1.29, 1.82) is 0 Å². The van der Waals surface area contributed by atoms with Gasteiger partial charge in [-0.25, -0.2) is 0 Å². The van der Waals surface area contributed by atoms with Gasteiger partial charge >= 0.3 is 0 Å². The highest BCUT2D eigenvalue weighted by Gasteiger charge is 2.28.